The number of hydrogen-bond donors (Lipinski definition) is 0. The van der Waals surface area contributed by atoms with Crippen LogP contribution in [-0.4, -0.2) is 56.6 Å². The van der Waals surface area contributed by atoms with Crippen LogP contribution in [0, 0.1) is 6.92 Å². The van der Waals surface area contributed by atoms with Crippen molar-refractivity contribution in [3.8, 4) is 0 Å². The molecular formula is C19H29N5O2. The van der Waals surface area contributed by atoms with Gasteiger partial charge in [0.05, 0.1) is 6.54 Å². The highest BCUT2D eigenvalue weighted by atomic mass is 16.5. The van der Waals surface area contributed by atoms with Crippen LogP contribution in [0.5, 0.6) is 0 Å². The lowest BCUT2D eigenvalue weighted by Crippen LogP contribution is -2.35. The first-order valence-corrected chi connectivity index (χ1v) is 9.50. The van der Waals surface area contributed by atoms with Crippen molar-refractivity contribution in [3.05, 3.63) is 36.2 Å². The van der Waals surface area contributed by atoms with Gasteiger partial charge in [0.15, 0.2) is 5.82 Å². The average molecular weight is 359 g/mol. The van der Waals surface area contributed by atoms with Crippen LogP contribution < -0.4 is 0 Å². The van der Waals surface area contributed by atoms with Gasteiger partial charge in [-0.15, -0.1) is 0 Å². The van der Waals surface area contributed by atoms with Crippen LogP contribution in [0.2, 0.25) is 0 Å². The zero-order valence-electron chi connectivity index (χ0n) is 15.8. The fourth-order valence-electron chi connectivity index (χ4n) is 3.62. The van der Waals surface area contributed by atoms with Crippen molar-refractivity contribution in [1.29, 1.82) is 0 Å². The number of carbonyl (C=O) groups excluding carboxylic acids is 1. The number of rotatable bonds is 7. The molecule has 7 nitrogen and oxygen atoms in total. The zero-order valence-corrected chi connectivity index (χ0v) is 15.8. The minimum absolute atomic E-state index is 0.286. The van der Waals surface area contributed by atoms with Crippen LogP contribution in [0.25, 0.3) is 0 Å². The third-order valence-electron chi connectivity index (χ3n) is 5.11. The Bertz CT molecular complexity index is 682. The van der Waals surface area contributed by atoms with Gasteiger partial charge in [0.1, 0.15) is 0 Å². The Kier molecular flexibility index (Phi) is 6.44. The van der Waals surface area contributed by atoms with Crippen molar-refractivity contribution in [2.24, 2.45) is 0 Å². The first kappa shape index (κ1) is 18.6. The second kappa shape index (κ2) is 8.98. The van der Waals surface area contributed by atoms with E-state index in [1.54, 1.807) is 0 Å². The molecule has 1 fully saturated rings. The number of carbonyl (C=O) groups is 1. The first-order valence-electron chi connectivity index (χ1n) is 9.50. The van der Waals surface area contributed by atoms with Crippen LogP contribution in [0.3, 0.4) is 0 Å². The van der Waals surface area contributed by atoms with E-state index in [1.807, 2.05) is 36.4 Å². The van der Waals surface area contributed by atoms with Gasteiger partial charge >= 0.3 is 0 Å². The molecular weight excluding hydrogens is 330 g/mol. The summed E-state index contributed by atoms with van der Waals surface area (Å²) >= 11 is 0. The lowest BCUT2D eigenvalue weighted by Gasteiger charge is -2.26. The van der Waals surface area contributed by atoms with Crippen molar-refractivity contribution < 1.29 is 9.32 Å². The summed E-state index contributed by atoms with van der Waals surface area (Å²) in [7, 11) is 2.10. The van der Waals surface area contributed by atoms with Crippen molar-refractivity contribution in [2.45, 2.75) is 58.2 Å². The van der Waals surface area contributed by atoms with Crippen molar-refractivity contribution in [1.82, 2.24) is 24.5 Å². The van der Waals surface area contributed by atoms with Crippen LogP contribution >= 0.6 is 0 Å². The molecule has 0 aliphatic carbocycles. The molecule has 1 amide bonds. The molecule has 1 atom stereocenters. The average Bonchev–Trinajstić information content (AvgIpc) is 3.20. The molecule has 0 spiro atoms. The third kappa shape index (κ3) is 5.17. The molecule has 1 saturated heterocycles. The van der Waals surface area contributed by atoms with Gasteiger partial charge in [0, 0.05) is 51.4 Å². The van der Waals surface area contributed by atoms with Gasteiger partial charge in [0.2, 0.25) is 11.8 Å². The summed E-state index contributed by atoms with van der Waals surface area (Å²) in [6.45, 7) is 5.10. The van der Waals surface area contributed by atoms with E-state index in [0.717, 1.165) is 51.1 Å². The summed E-state index contributed by atoms with van der Waals surface area (Å²) in [6.07, 6.45) is 8.75. The zero-order chi connectivity index (χ0) is 18.4. The van der Waals surface area contributed by atoms with Crippen LogP contribution in [0.4, 0.5) is 0 Å². The Morgan fingerprint density at radius 1 is 1.31 bits per heavy atom. The minimum Gasteiger partial charge on any atom is -0.354 e. The number of hydrogen-bond acceptors (Lipinski definition) is 5. The Balaban J connectivity index is 1.42. The number of nitrogens with zero attached hydrogens (tertiary/aromatic N) is 5. The van der Waals surface area contributed by atoms with E-state index in [-0.39, 0.29) is 5.91 Å². The van der Waals surface area contributed by atoms with Gasteiger partial charge < -0.3 is 14.0 Å². The fraction of sp³-hybridized carbons (Fsp3) is 0.632. The Morgan fingerprint density at radius 2 is 2.12 bits per heavy atom. The molecule has 0 radical (unpaired) electrons. The maximum atomic E-state index is 12.5. The highest BCUT2D eigenvalue weighted by Crippen LogP contribution is 2.18. The summed E-state index contributed by atoms with van der Waals surface area (Å²) in [4.78, 5) is 21.1. The summed E-state index contributed by atoms with van der Waals surface area (Å²) in [5.41, 5.74) is 0. The smallest absolute Gasteiger partial charge is 0.223 e. The highest BCUT2D eigenvalue weighted by Gasteiger charge is 2.23. The van der Waals surface area contributed by atoms with Crippen LogP contribution in [-0.2, 0) is 17.9 Å². The second-order valence-electron chi connectivity index (χ2n) is 7.13. The normalized spacial score (nSPS) is 18.3. The van der Waals surface area contributed by atoms with E-state index in [2.05, 4.69) is 26.7 Å². The van der Waals surface area contributed by atoms with Crippen molar-refractivity contribution >= 4 is 5.91 Å². The molecule has 0 aromatic carbocycles. The number of likely N-dealkylation sites (tertiary alicyclic amines) is 1. The van der Waals surface area contributed by atoms with Gasteiger partial charge in [-0.05, 0) is 44.9 Å². The summed E-state index contributed by atoms with van der Waals surface area (Å²) < 4.78 is 7.17. The lowest BCUT2D eigenvalue weighted by molar-refractivity contribution is -0.131. The molecule has 0 N–H and O–H groups in total. The number of aromatic nitrogens is 3. The monoisotopic (exact) mass is 359 g/mol. The van der Waals surface area contributed by atoms with E-state index in [0.29, 0.717) is 24.9 Å². The van der Waals surface area contributed by atoms with Gasteiger partial charge in [-0.1, -0.05) is 5.16 Å². The molecule has 1 aliphatic heterocycles. The quantitative estimate of drug-likeness (QED) is 0.760. The van der Waals surface area contributed by atoms with Gasteiger partial charge in [-0.25, -0.2) is 0 Å². The molecule has 1 unspecified atom stereocenters. The summed E-state index contributed by atoms with van der Waals surface area (Å²) in [5, 5.41) is 3.98. The first-order chi connectivity index (χ1) is 12.6. The molecule has 3 heterocycles. The van der Waals surface area contributed by atoms with Gasteiger partial charge in [-0.3, -0.25) is 9.69 Å². The SMILES string of the molecule is Cc1nc(CN(C)C2CCCN(C(=O)CCCn3cccc3)CC2)no1. The molecule has 0 saturated carbocycles. The molecule has 142 valence electrons. The lowest BCUT2D eigenvalue weighted by atomic mass is 10.1. The molecule has 1 aliphatic rings. The van der Waals surface area contributed by atoms with E-state index >= 15 is 0 Å². The summed E-state index contributed by atoms with van der Waals surface area (Å²) in [5.74, 6) is 1.62. The van der Waals surface area contributed by atoms with Crippen molar-refractivity contribution in [3.63, 3.8) is 0 Å². The van der Waals surface area contributed by atoms with Gasteiger partial charge in [0.25, 0.3) is 0 Å². The highest BCUT2D eigenvalue weighted by molar-refractivity contribution is 5.76. The summed E-state index contributed by atoms with van der Waals surface area (Å²) in [6, 6.07) is 4.48. The maximum Gasteiger partial charge on any atom is 0.223 e. The van der Waals surface area contributed by atoms with E-state index in [1.165, 1.54) is 0 Å². The topological polar surface area (TPSA) is 67.4 Å². The number of amides is 1. The van der Waals surface area contributed by atoms with E-state index in [9.17, 15) is 4.79 Å². The molecule has 2 aromatic rings. The second-order valence-corrected chi connectivity index (χ2v) is 7.13. The molecule has 2 aromatic heterocycles. The molecule has 0 bridgehead atoms. The third-order valence-corrected chi connectivity index (χ3v) is 5.11. The molecule has 26 heavy (non-hydrogen) atoms. The fourth-order valence-corrected chi connectivity index (χ4v) is 3.62. The number of aryl methyl sites for hydroxylation is 2. The van der Waals surface area contributed by atoms with E-state index in [4.69, 9.17) is 4.52 Å². The molecule has 3 rings (SSSR count). The predicted octanol–water partition coefficient (Wildman–Crippen LogP) is 2.47. The predicted molar refractivity (Wildman–Crippen MR) is 98.4 cm³/mol. The minimum atomic E-state index is 0.286. The largest absolute Gasteiger partial charge is 0.354 e. The van der Waals surface area contributed by atoms with Crippen molar-refractivity contribution in [2.75, 3.05) is 20.1 Å². The maximum absolute atomic E-state index is 12.5. The molecule has 7 heteroatoms. The Morgan fingerprint density at radius 3 is 2.85 bits per heavy atom. The van der Waals surface area contributed by atoms with E-state index < -0.39 is 0 Å². The Hall–Kier alpha value is -2.15. The Labute approximate surface area is 155 Å². The van der Waals surface area contributed by atoms with Crippen LogP contribution in [0.15, 0.2) is 29.0 Å². The van der Waals surface area contributed by atoms with Crippen LogP contribution in [0.1, 0.15) is 43.8 Å². The van der Waals surface area contributed by atoms with Gasteiger partial charge in [-0.2, -0.15) is 4.98 Å². The standard InChI is InChI=1S/C19H29N5O2/c1-16-20-18(21-26-16)15-22(2)17-7-5-13-24(14-9-17)19(25)8-6-12-23-10-3-4-11-23/h3-4,10-11,17H,5-9,12-15H2,1-2H3.